The number of carboxylic acid groups (broad SMARTS) is 1. The van der Waals surface area contributed by atoms with Crippen molar-refractivity contribution in [2.24, 2.45) is 5.92 Å². The predicted molar refractivity (Wildman–Crippen MR) is 102 cm³/mol. The zero-order chi connectivity index (χ0) is 18.4. The highest BCUT2D eigenvalue weighted by Gasteiger charge is 2.35. The number of carboxylic acids is 1. The fourth-order valence-corrected chi connectivity index (χ4v) is 4.12. The standard InChI is InChI=1S/C22H34O3/c1-22(2,3)18-13-10-17(11-14-18)21-16(12-15-19(21)23)8-6-4-5-7-9-20(24)25/h10-11,13-14,16,19,21,23H,4-9,12,15H2,1-3H3,(H,24,25)/t16-,19+,21-/m0/s1. The number of benzene rings is 1. The first-order valence-electron chi connectivity index (χ1n) is 9.79. The average molecular weight is 347 g/mol. The van der Waals surface area contributed by atoms with E-state index in [-0.39, 0.29) is 23.9 Å². The Bertz CT molecular complexity index is 541. The molecule has 25 heavy (non-hydrogen) atoms. The SMILES string of the molecule is CC(C)(C)c1ccc([C@@H]2[C@@H](CCCCCCC(=O)O)CC[C@H]2O)cc1. The van der Waals surface area contributed by atoms with Gasteiger partial charge in [-0.25, -0.2) is 0 Å². The lowest BCUT2D eigenvalue weighted by molar-refractivity contribution is -0.137. The molecule has 0 heterocycles. The van der Waals surface area contributed by atoms with Crippen LogP contribution >= 0.6 is 0 Å². The third kappa shape index (κ3) is 5.85. The molecule has 1 aromatic carbocycles. The van der Waals surface area contributed by atoms with Crippen molar-refractivity contribution in [1.82, 2.24) is 0 Å². The Labute approximate surface area is 152 Å². The Hall–Kier alpha value is -1.35. The van der Waals surface area contributed by atoms with Crippen LogP contribution in [-0.2, 0) is 10.2 Å². The van der Waals surface area contributed by atoms with Crippen LogP contribution in [0.4, 0.5) is 0 Å². The predicted octanol–water partition coefficient (Wildman–Crippen LogP) is 5.26. The molecule has 1 aromatic rings. The van der Waals surface area contributed by atoms with Gasteiger partial charge in [-0.2, -0.15) is 0 Å². The summed E-state index contributed by atoms with van der Waals surface area (Å²) >= 11 is 0. The average Bonchev–Trinajstić information content (AvgIpc) is 2.90. The summed E-state index contributed by atoms with van der Waals surface area (Å²) in [4.78, 5) is 10.5. The van der Waals surface area contributed by atoms with Crippen LogP contribution in [0.1, 0.15) is 89.2 Å². The van der Waals surface area contributed by atoms with E-state index in [1.54, 1.807) is 0 Å². The van der Waals surface area contributed by atoms with Gasteiger partial charge in [0.1, 0.15) is 0 Å². The van der Waals surface area contributed by atoms with E-state index in [1.807, 2.05) is 0 Å². The number of aliphatic hydroxyl groups is 1. The Morgan fingerprint density at radius 1 is 1.04 bits per heavy atom. The topological polar surface area (TPSA) is 57.5 Å². The van der Waals surface area contributed by atoms with E-state index < -0.39 is 5.97 Å². The van der Waals surface area contributed by atoms with Crippen LogP contribution in [0.2, 0.25) is 0 Å². The molecular formula is C22H34O3. The van der Waals surface area contributed by atoms with E-state index in [0.29, 0.717) is 5.92 Å². The molecule has 1 fully saturated rings. The van der Waals surface area contributed by atoms with Crippen LogP contribution in [-0.4, -0.2) is 22.3 Å². The molecule has 0 saturated heterocycles. The molecule has 3 heteroatoms. The molecule has 0 aromatic heterocycles. The maximum absolute atomic E-state index is 10.5. The van der Waals surface area contributed by atoms with Gasteiger partial charge < -0.3 is 10.2 Å². The summed E-state index contributed by atoms with van der Waals surface area (Å²) in [6.07, 6.45) is 7.19. The summed E-state index contributed by atoms with van der Waals surface area (Å²) in [5.41, 5.74) is 2.76. The third-order valence-electron chi connectivity index (χ3n) is 5.63. The van der Waals surface area contributed by atoms with Crippen molar-refractivity contribution in [1.29, 1.82) is 0 Å². The lowest BCUT2D eigenvalue weighted by atomic mass is 9.81. The van der Waals surface area contributed by atoms with Gasteiger partial charge in [-0.05, 0) is 48.1 Å². The second kappa shape index (κ2) is 8.84. The molecule has 0 spiro atoms. The van der Waals surface area contributed by atoms with Crippen molar-refractivity contribution in [3.05, 3.63) is 35.4 Å². The number of aliphatic carboxylic acids is 1. The summed E-state index contributed by atoms with van der Waals surface area (Å²) < 4.78 is 0. The normalized spacial score (nSPS) is 23.8. The van der Waals surface area contributed by atoms with Gasteiger partial charge in [-0.3, -0.25) is 4.79 Å². The number of hydrogen-bond acceptors (Lipinski definition) is 2. The van der Waals surface area contributed by atoms with Crippen LogP contribution in [0, 0.1) is 5.92 Å². The highest BCUT2D eigenvalue weighted by Crippen LogP contribution is 2.43. The Balaban J connectivity index is 1.88. The molecular weight excluding hydrogens is 312 g/mol. The Morgan fingerprint density at radius 3 is 2.28 bits per heavy atom. The van der Waals surface area contributed by atoms with Gasteiger partial charge in [0.15, 0.2) is 0 Å². The van der Waals surface area contributed by atoms with Crippen LogP contribution < -0.4 is 0 Å². The van der Waals surface area contributed by atoms with Crippen molar-refractivity contribution in [3.63, 3.8) is 0 Å². The van der Waals surface area contributed by atoms with Crippen molar-refractivity contribution in [2.45, 2.75) is 89.6 Å². The highest BCUT2D eigenvalue weighted by molar-refractivity contribution is 5.66. The molecule has 0 unspecified atom stereocenters. The maximum Gasteiger partial charge on any atom is 0.303 e. The second-order valence-corrected chi connectivity index (χ2v) is 8.65. The number of hydrogen-bond donors (Lipinski definition) is 2. The van der Waals surface area contributed by atoms with Gasteiger partial charge >= 0.3 is 5.97 Å². The van der Waals surface area contributed by atoms with Gasteiger partial charge in [0, 0.05) is 12.3 Å². The minimum absolute atomic E-state index is 0.155. The molecule has 1 aliphatic carbocycles. The summed E-state index contributed by atoms with van der Waals surface area (Å²) in [5.74, 6) is 0.112. The summed E-state index contributed by atoms with van der Waals surface area (Å²) in [5, 5.41) is 19.2. The minimum atomic E-state index is -0.697. The molecule has 1 saturated carbocycles. The molecule has 140 valence electrons. The molecule has 2 rings (SSSR count). The zero-order valence-electron chi connectivity index (χ0n) is 16.0. The van der Waals surface area contributed by atoms with Gasteiger partial charge in [0.05, 0.1) is 6.10 Å². The minimum Gasteiger partial charge on any atom is -0.481 e. The summed E-state index contributed by atoms with van der Waals surface area (Å²) in [6, 6.07) is 8.84. The first-order chi connectivity index (χ1) is 11.8. The van der Waals surface area contributed by atoms with Gasteiger partial charge in [-0.15, -0.1) is 0 Å². The fraction of sp³-hybridized carbons (Fsp3) is 0.682. The first-order valence-corrected chi connectivity index (χ1v) is 9.79. The first kappa shape index (κ1) is 20.0. The quantitative estimate of drug-likeness (QED) is 0.631. The molecule has 3 nitrogen and oxygen atoms in total. The van der Waals surface area contributed by atoms with Gasteiger partial charge in [-0.1, -0.05) is 64.3 Å². The van der Waals surface area contributed by atoms with E-state index in [4.69, 9.17) is 5.11 Å². The van der Waals surface area contributed by atoms with E-state index in [2.05, 4.69) is 45.0 Å². The summed E-state index contributed by atoms with van der Waals surface area (Å²) in [6.45, 7) is 6.67. The zero-order valence-corrected chi connectivity index (χ0v) is 16.0. The van der Waals surface area contributed by atoms with Crippen molar-refractivity contribution in [2.75, 3.05) is 0 Å². The van der Waals surface area contributed by atoms with Crippen molar-refractivity contribution in [3.8, 4) is 0 Å². The monoisotopic (exact) mass is 346 g/mol. The molecule has 0 aliphatic heterocycles. The fourth-order valence-electron chi connectivity index (χ4n) is 4.12. The number of unbranched alkanes of at least 4 members (excludes halogenated alkanes) is 3. The molecule has 2 N–H and O–H groups in total. The summed E-state index contributed by atoms with van der Waals surface area (Å²) in [7, 11) is 0. The molecule has 1 aliphatic rings. The largest absolute Gasteiger partial charge is 0.481 e. The van der Waals surface area contributed by atoms with Crippen LogP contribution in [0.15, 0.2) is 24.3 Å². The molecule has 3 atom stereocenters. The Morgan fingerprint density at radius 2 is 1.68 bits per heavy atom. The van der Waals surface area contributed by atoms with E-state index >= 15 is 0 Å². The number of aliphatic hydroxyl groups excluding tert-OH is 1. The third-order valence-corrected chi connectivity index (χ3v) is 5.63. The van der Waals surface area contributed by atoms with Crippen LogP contribution in [0.3, 0.4) is 0 Å². The maximum atomic E-state index is 10.5. The number of rotatable bonds is 8. The van der Waals surface area contributed by atoms with Crippen molar-refractivity contribution < 1.29 is 15.0 Å². The van der Waals surface area contributed by atoms with E-state index in [1.165, 1.54) is 11.1 Å². The second-order valence-electron chi connectivity index (χ2n) is 8.65. The van der Waals surface area contributed by atoms with Crippen molar-refractivity contribution >= 4 is 5.97 Å². The van der Waals surface area contributed by atoms with Crippen LogP contribution in [0.25, 0.3) is 0 Å². The molecule has 0 radical (unpaired) electrons. The lowest BCUT2D eigenvalue weighted by Crippen LogP contribution is -2.18. The van der Waals surface area contributed by atoms with Crippen LogP contribution in [0.5, 0.6) is 0 Å². The van der Waals surface area contributed by atoms with E-state index in [0.717, 1.165) is 44.9 Å². The molecule has 0 amide bonds. The van der Waals surface area contributed by atoms with Gasteiger partial charge in [0.25, 0.3) is 0 Å². The Kier molecular flexibility index (Phi) is 7.06. The smallest absolute Gasteiger partial charge is 0.303 e. The van der Waals surface area contributed by atoms with Gasteiger partial charge in [0.2, 0.25) is 0 Å². The molecule has 0 bridgehead atoms. The highest BCUT2D eigenvalue weighted by atomic mass is 16.4. The lowest BCUT2D eigenvalue weighted by Gasteiger charge is -2.25. The van der Waals surface area contributed by atoms with E-state index in [9.17, 15) is 9.90 Å². The number of carbonyl (C=O) groups is 1.